The van der Waals surface area contributed by atoms with Gasteiger partial charge in [-0.15, -0.1) is 0 Å². The van der Waals surface area contributed by atoms with Crippen molar-refractivity contribution in [3.05, 3.63) is 12.2 Å². The van der Waals surface area contributed by atoms with Crippen molar-refractivity contribution < 1.29 is 0 Å². The van der Waals surface area contributed by atoms with Crippen LogP contribution < -0.4 is 5.32 Å². The molecule has 0 radical (unpaired) electrons. The first-order valence-electron chi connectivity index (χ1n) is 4.32. The van der Waals surface area contributed by atoms with Gasteiger partial charge in [0, 0.05) is 6.04 Å². The van der Waals surface area contributed by atoms with Crippen molar-refractivity contribution in [2.24, 2.45) is 0 Å². The third-order valence-corrected chi connectivity index (χ3v) is 1.95. The lowest BCUT2D eigenvalue weighted by molar-refractivity contribution is 0.475. The maximum absolute atomic E-state index is 3.52. The van der Waals surface area contributed by atoms with Crippen LogP contribution in [0.1, 0.15) is 32.6 Å². The number of allylic oxidation sites excluding steroid dienone is 1. The average molecular weight is 139 g/mol. The van der Waals surface area contributed by atoms with E-state index in [-0.39, 0.29) is 0 Å². The van der Waals surface area contributed by atoms with Crippen molar-refractivity contribution >= 4 is 0 Å². The Morgan fingerprint density at radius 1 is 1.50 bits per heavy atom. The summed E-state index contributed by atoms with van der Waals surface area (Å²) >= 11 is 0. The van der Waals surface area contributed by atoms with Gasteiger partial charge in [-0.2, -0.15) is 0 Å². The van der Waals surface area contributed by atoms with Crippen molar-refractivity contribution in [2.45, 2.75) is 38.6 Å². The van der Waals surface area contributed by atoms with Gasteiger partial charge in [0.1, 0.15) is 0 Å². The highest BCUT2D eigenvalue weighted by Gasteiger charge is 2.06. The Balaban J connectivity index is 2.10. The van der Waals surface area contributed by atoms with Crippen LogP contribution in [0, 0.1) is 0 Å². The van der Waals surface area contributed by atoms with E-state index in [0.29, 0.717) is 0 Å². The molecule has 0 amide bonds. The van der Waals surface area contributed by atoms with Gasteiger partial charge in [-0.1, -0.05) is 19.1 Å². The molecule has 1 rings (SSSR count). The molecule has 0 fully saturated rings. The Bertz CT molecular complexity index is 107. The lowest BCUT2D eigenvalue weighted by Gasteiger charge is -2.18. The van der Waals surface area contributed by atoms with Gasteiger partial charge in [0.05, 0.1) is 0 Å². The predicted molar refractivity (Wildman–Crippen MR) is 45.1 cm³/mol. The summed E-state index contributed by atoms with van der Waals surface area (Å²) in [7, 11) is 0. The van der Waals surface area contributed by atoms with Crippen LogP contribution in [0.25, 0.3) is 0 Å². The van der Waals surface area contributed by atoms with Crippen molar-refractivity contribution in [2.75, 3.05) is 6.54 Å². The summed E-state index contributed by atoms with van der Waals surface area (Å²) in [5, 5.41) is 3.52. The Morgan fingerprint density at radius 3 is 3.00 bits per heavy atom. The summed E-state index contributed by atoms with van der Waals surface area (Å²) in [4.78, 5) is 0. The van der Waals surface area contributed by atoms with E-state index in [2.05, 4.69) is 24.4 Å². The fourth-order valence-corrected chi connectivity index (χ4v) is 1.33. The Hall–Kier alpha value is -0.300. The van der Waals surface area contributed by atoms with E-state index in [1.807, 2.05) is 0 Å². The van der Waals surface area contributed by atoms with Crippen molar-refractivity contribution in [3.63, 3.8) is 0 Å². The molecule has 1 nitrogen and oxygen atoms in total. The van der Waals surface area contributed by atoms with Gasteiger partial charge in [0.25, 0.3) is 0 Å². The maximum atomic E-state index is 3.52. The van der Waals surface area contributed by atoms with Gasteiger partial charge in [-0.05, 0) is 32.2 Å². The number of hydrogen-bond acceptors (Lipinski definition) is 1. The summed E-state index contributed by atoms with van der Waals surface area (Å²) in [5.41, 5.74) is 0. The molecule has 0 saturated carbocycles. The predicted octanol–water partition coefficient (Wildman–Crippen LogP) is 2.09. The average Bonchev–Trinajstić information content (AvgIpc) is 2.03. The molecule has 1 unspecified atom stereocenters. The zero-order valence-corrected chi connectivity index (χ0v) is 6.77. The monoisotopic (exact) mass is 139 g/mol. The van der Waals surface area contributed by atoms with Crippen molar-refractivity contribution in [1.82, 2.24) is 5.32 Å². The van der Waals surface area contributed by atoms with Crippen LogP contribution in [0.15, 0.2) is 12.2 Å². The standard InChI is InChI=1S/C9H17N/c1-2-8-10-9-6-4-3-5-7-9/h3-4,9-10H,2,5-8H2,1H3. The molecule has 1 aliphatic rings. The van der Waals surface area contributed by atoms with Gasteiger partial charge in [0.15, 0.2) is 0 Å². The smallest absolute Gasteiger partial charge is 0.0104 e. The topological polar surface area (TPSA) is 12.0 Å². The van der Waals surface area contributed by atoms with Crippen molar-refractivity contribution in [3.8, 4) is 0 Å². The van der Waals surface area contributed by atoms with E-state index >= 15 is 0 Å². The maximum Gasteiger partial charge on any atom is 0.0104 e. The molecule has 0 heterocycles. The molecule has 1 atom stereocenters. The number of hydrogen-bond donors (Lipinski definition) is 1. The van der Waals surface area contributed by atoms with Crippen LogP contribution in [0.5, 0.6) is 0 Å². The molecular weight excluding hydrogens is 122 g/mol. The van der Waals surface area contributed by atoms with E-state index in [9.17, 15) is 0 Å². The quantitative estimate of drug-likeness (QED) is 0.590. The molecule has 0 aliphatic heterocycles. The summed E-state index contributed by atoms with van der Waals surface area (Å²) in [6.45, 7) is 3.39. The van der Waals surface area contributed by atoms with E-state index in [1.165, 1.54) is 32.2 Å². The third-order valence-electron chi connectivity index (χ3n) is 1.95. The fourth-order valence-electron chi connectivity index (χ4n) is 1.33. The molecule has 1 aliphatic carbocycles. The number of rotatable bonds is 3. The molecule has 1 heteroatoms. The van der Waals surface area contributed by atoms with E-state index in [0.717, 1.165) is 6.04 Å². The van der Waals surface area contributed by atoms with Gasteiger partial charge >= 0.3 is 0 Å². The molecule has 1 N–H and O–H groups in total. The van der Waals surface area contributed by atoms with E-state index in [4.69, 9.17) is 0 Å². The van der Waals surface area contributed by atoms with Crippen LogP contribution >= 0.6 is 0 Å². The minimum atomic E-state index is 0.768. The van der Waals surface area contributed by atoms with Gasteiger partial charge in [-0.3, -0.25) is 0 Å². The van der Waals surface area contributed by atoms with Gasteiger partial charge in [-0.25, -0.2) is 0 Å². The number of nitrogens with one attached hydrogen (secondary N) is 1. The Labute approximate surface area is 63.5 Å². The highest BCUT2D eigenvalue weighted by molar-refractivity contribution is 4.92. The van der Waals surface area contributed by atoms with Crippen LogP contribution in [-0.2, 0) is 0 Å². The zero-order valence-electron chi connectivity index (χ0n) is 6.77. The highest BCUT2D eigenvalue weighted by Crippen LogP contribution is 2.09. The second-order valence-electron chi connectivity index (χ2n) is 2.94. The molecule has 0 saturated heterocycles. The fraction of sp³-hybridized carbons (Fsp3) is 0.778. The molecule has 0 aromatic carbocycles. The minimum Gasteiger partial charge on any atom is -0.314 e. The first-order chi connectivity index (χ1) is 4.93. The normalized spacial score (nSPS) is 25.1. The Kier molecular flexibility index (Phi) is 3.52. The second kappa shape index (κ2) is 4.51. The molecule has 58 valence electrons. The summed E-state index contributed by atoms with van der Waals surface area (Å²) in [6, 6.07) is 0.768. The van der Waals surface area contributed by atoms with E-state index in [1.54, 1.807) is 0 Å². The Morgan fingerprint density at radius 2 is 2.40 bits per heavy atom. The lowest BCUT2D eigenvalue weighted by atomic mass is 10.0. The lowest BCUT2D eigenvalue weighted by Crippen LogP contribution is -2.30. The van der Waals surface area contributed by atoms with Gasteiger partial charge < -0.3 is 5.32 Å². The molecule has 0 aromatic heterocycles. The summed E-state index contributed by atoms with van der Waals surface area (Å²) in [5.74, 6) is 0. The van der Waals surface area contributed by atoms with Gasteiger partial charge in [0.2, 0.25) is 0 Å². The molecule has 0 spiro atoms. The molecule has 10 heavy (non-hydrogen) atoms. The summed E-state index contributed by atoms with van der Waals surface area (Å²) < 4.78 is 0. The van der Waals surface area contributed by atoms with Crippen LogP contribution in [0.4, 0.5) is 0 Å². The zero-order chi connectivity index (χ0) is 7.23. The molecular formula is C9H17N. The second-order valence-corrected chi connectivity index (χ2v) is 2.94. The largest absolute Gasteiger partial charge is 0.314 e. The molecule has 0 bridgehead atoms. The van der Waals surface area contributed by atoms with Crippen LogP contribution in [0.2, 0.25) is 0 Å². The van der Waals surface area contributed by atoms with Crippen LogP contribution in [0.3, 0.4) is 0 Å². The third kappa shape index (κ3) is 2.53. The van der Waals surface area contributed by atoms with Crippen LogP contribution in [-0.4, -0.2) is 12.6 Å². The minimum absolute atomic E-state index is 0.768. The molecule has 0 aromatic rings. The SMILES string of the molecule is CCCNC1CC=CCC1. The first kappa shape index (κ1) is 7.80. The van der Waals surface area contributed by atoms with E-state index < -0.39 is 0 Å². The summed E-state index contributed by atoms with van der Waals surface area (Å²) in [6.07, 6.45) is 9.65. The van der Waals surface area contributed by atoms with Crippen molar-refractivity contribution in [1.29, 1.82) is 0 Å². The first-order valence-corrected chi connectivity index (χ1v) is 4.32. The highest BCUT2D eigenvalue weighted by atomic mass is 14.9.